The molecular formula is C26H25F3N2O3. The number of aromatic nitrogens is 1. The number of H-pyrrole nitrogens is 1. The summed E-state index contributed by atoms with van der Waals surface area (Å²) < 4.78 is 41.8. The number of carbonyl (C=O) groups is 1. The predicted molar refractivity (Wildman–Crippen MR) is 124 cm³/mol. The molecule has 5 nitrogen and oxygen atoms in total. The molecular weight excluding hydrogens is 445 g/mol. The van der Waals surface area contributed by atoms with Gasteiger partial charge >= 0.3 is 6.36 Å². The van der Waals surface area contributed by atoms with Crippen LogP contribution in [0.4, 0.5) is 13.2 Å². The number of halogens is 3. The lowest BCUT2D eigenvalue weighted by Crippen LogP contribution is -2.22. The Morgan fingerprint density at radius 3 is 2.59 bits per heavy atom. The smallest absolute Gasteiger partial charge is 0.511 e. The van der Waals surface area contributed by atoms with Crippen LogP contribution in [0, 0.1) is 6.92 Å². The van der Waals surface area contributed by atoms with Crippen molar-refractivity contribution in [1.82, 2.24) is 4.98 Å². The van der Waals surface area contributed by atoms with Crippen LogP contribution < -0.4 is 4.74 Å². The van der Waals surface area contributed by atoms with Crippen molar-refractivity contribution < 1.29 is 27.8 Å². The predicted octanol–water partition coefficient (Wildman–Crippen LogP) is 6.34. The highest BCUT2D eigenvalue weighted by Crippen LogP contribution is 2.34. The van der Waals surface area contributed by atoms with E-state index in [-0.39, 0.29) is 28.8 Å². The van der Waals surface area contributed by atoms with Gasteiger partial charge in [0.25, 0.3) is 0 Å². The highest BCUT2D eigenvalue weighted by molar-refractivity contribution is 6.22. The van der Waals surface area contributed by atoms with Crippen molar-refractivity contribution in [1.29, 1.82) is 0 Å². The van der Waals surface area contributed by atoms with Gasteiger partial charge in [0.2, 0.25) is 0 Å². The third kappa shape index (κ3) is 5.16. The highest BCUT2D eigenvalue weighted by Gasteiger charge is 2.31. The molecule has 1 unspecified atom stereocenters. The Balaban J connectivity index is 1.50. The average molecular weight is 470 g/mol. The number of aliphatic imine (C=N–C) groups is 1. The molecule has 2 N–H and O–H groups in total. The van der Waals surface area contributed by atoms with E-state index in [0.29, 0.717) is 42.4 Å². The lowest BCUT2D eigenvalue weighted by atomic mass is 9.81. The number of Topliss-reactive ketones (excluding diaryl/α,β-unsaturated/α-hetero) is 1. The fourth-order valence-corrected chi connectivity index (χ4v) is 4.56. The molecule has 3 aromatic rings. The van der Waals surface area contributed by atoms with Crippen LogP contribution in [0.3, 0.4) is 0 Å². The van der Waals surface area contributed by atoms with Crippen LogP contribution in [-0.2, 0) is 11.2 Å². The van der Waals surface area contributed by atoms with Gasteiger partial charge in [-0.1, -0.05) is 30.3 Å². The molecule has 0 amide bonds. The molecule has 0 saturated heterocycles. The number of nitrogens with one attached hydrogen (secondary N) is 1. The van der Waals surface area contributed by atoms with Gasteiger partial charge in [-0.15, -0.1) is 13.2 Å². The van der Waals surface area contributed by atoms with Crippen molar-refractivity contribution in [3.63, 3.8) is 0 Å². The molecule has 0 saturated carbocycles. The van der Waals surface area contributed by atoms with Gasteiger partial charge in [-0.2, -0.15) is 0 Å². The molecule has 4 rings (SSSR count). The van der Waals surface area contributed by atoms with Crippen molar-refractivity contribution in [3.8, 4) is 5.75 Å². The second kappa shape index (κ2) is 9.37. The summed E-state index contributed by atoms with van der Waals surface area (Å²) in [5.74, 6) is -0.442. The first-order valence-electron chi connectivity index (χ1n) is 11.0. The first-order valence-corrected chi connectivity index (χ1v) is 11.0. The van der Waals surface area contributed by atoms with Crippen LogP contribution in [-0.4, -0.2) is 34.5 Å². The second-order valence-corrected chi connectivity index (χ2v) is 8.46. The number of aliphatic hydroxyl groups is 1. The SMILES string of the molecule is CC(=NCCc1c(C)[nH]c2ccc(OC(F)(F)F)cc12)C1=C(O)CC(c2ccccc2)CC1=O. The Morgan fingerprint density at radius 2 is 1.91 bits per heavy atom. The molecule has 8 heteroatoms. The highest BCUT2D eigenvalue weighted by atomic mass is 19.4. The Kier molecular flexibility index (Phi) is 6.50. The summed E-state index contributed by atoms with van der Waals surface area (Å²) in [6, 6.07) is 13.8. The summed E-state index contributed by atoms with van der Waals surface area (Å²) in [7, 11) is 0. The number of benzene rings is 2. The molecule has 1 aliphatic carbocycles. The third-order valence-electron chi connectivity index (χ3n) is 6.11. The zero-order valence-electron chi connectivity index (χ0n) is 18.9. The van der Waals surface area contributed by atoms with Crippen molar-refractivity contribution in [3.05, 3.63) is 76.7 Å². The molecule has 0 spiro atoms. The number of fused-ring (bicyclic) bond motifs is 1. The molecule has 1 atom stereocenters. The normalized spacial score (nSPS) is 17.5. The third-order valence-corrected chi connectivity index (χ3v) is 6.11. The van der Waals surface area contributed by atoms with Crippen LogP contribution >= 0.6 is 0 Å². The Hall–Kier alpha value is -3.55. The second-order valence-electron chi connectivity index (χ2n) is 8.46. The average Bonchev–Trinajstić information content (AvgIpc) is 3.07. The van der Waals surface area contributed by atoms with Gasteiger partial charge in [0.05, 0.1) is 5.57 Å². The van der Waals surface area contributed by atoms with Crippen LogP contribution in [0.5, 0.6) is 5.75 Å². The largest absolute Gasteiger partial charge is 0.573 e. The molecule has 1 aliphatic rings. The molecule has 0 aliphatic heterocycles. The van der Waals surface area contributed by atoms with Gasteiger partial charge < -0.3 is 14.8 Å². The maximum atomic E-state index is 12.8. The van der Waals surface area contributed by atoms with E-state index in [0.717, 1.165) is 16.8 Å². The molecule has 34 heavy (non-hydrogen) atoms. The summed E-state index contributed by atoms with van der Waals surface area (Å²) in [6.07, 6.45) is -3.63. The summed E-state index contributed by atoms with van der Waals surface area (Å²) >= 11 is 0. The maximum Gasteiger partial charge on any atom is 0.573 e. The lowest BCUT2D eigenvalue weighted by molar-refractivity contribution is -0.274. The molecule has 0 fully saturated rings. The van der Waals surface area contributed by atoms with Crippen LogP contribution in [0.25, 0.3) is 10.9 Å². The van der Waals surface area contributed by atoms with E-state index < -0.39 is 6.36 Å². The minimum atomic E-state index is -4.76. The first-order chi connectivity index (χ1) is 16.1. The number of nitrogens with zero attached hydrogens (tertiary/aromatic N) is 1. The van der Waals surface area contributed by atoms with E-state index in [1.165, 1.54) is 12.1 Å². The van der Waals surface area contributed by atoms with Crippen molar-refractivity contribution in [2.24, 2.45) is 4.99 Å². The minimum absolute atomic E-state index is 0.0450. The van der Waals surface area contributed by atoms with Crippen molar-refractivity contribution in [2.45, 2.75) is 45.4 Å². The Morgan fingerprint density at radius 1 is 1.18 bits per heavy atom. The number of rotatable bonds is 6. The van der Waals surface area contributed by atoms with E-state index in [2.05, 4.69) is 14.7 Å². The molecule has 0 bridgehead atoms. The van der Waals surface area contributed by atoms with Crippen molar-refractivity contribution >= 4 is 22.4 Å². The van der Waals surface area contributed by atoms with Crippen LogP contribution in [0.1, 0.15) is 42.5 Å². The summed E-state index contributed by atoms with van der Waals surface area (Å²) in [4.78, 5) is 20.5. The standard InChI is InChI=1S/C26H25F3N2O3/c1-15-20(21-14-19(34-26(27,28)29)8-9-22(21)31-15)10-11-30-16(2)25-23(32)12-18(13-24(25)33)17-6-4-3-5-7-17/h3-9,14,18,31-32H,10-13H2,1-2H3. The number of aryl methyl sites for hydroxylation is 1. The van der Waals surface area contributed by atoms with Crippen molar-refractivity contribution in [2.75, 3.05) is 6.54 Å². The van der Waals surface area contributed by atoms with Gasteiger partial charge in [0.1, 0.15) is 11.5 Å². The zero-order valence-corrected chi connectivity index (χ0v) is 18.9. The molecule has 0 radical (unpaired) electrons. The first kappa shape index (κ1) is 23.6. The number of hydrogen-bond acceptors (Lipinski definition) is 4. The number of aliphatic hydroxyl groups excluding tert-OH is 1. The monoisotopic (exact) mass is 470 g/mol. The van der Waals surface area contributed by atoms with E-state index in [1.807, 2.05) is 37.3 Å². The number of allylic oxidation sites excluding steroid dienone is 2. The quantitative estimate of drug-likeness (QED) is 0.413. The Bertz CT molecular complexity index is 1270. The lowest BCUT2D eigenvalue weighted by Gasteiger charge is -2.23. The van der Waals surface area contributed by atoms with Gasteiger partial charge in [-0.05, 0) is 55.5 Å². The number of ether oxygens (including phenoxy) is 1. The number of ketones is 1. The fraction of sp³-hybridized carbons (Fsp3) is 0.308. The fourth-order valence-electron chi connectivity index (χ4n) is 4.56. The zero-order chi connectivity index (χ0) is 24.5. The van der Waals surface area contributed by atoms with E-state index in [4.69, 9.17) is 0 Å². The number of alkyl halides is 3. The van der Waals surface area contributed by atoms with E-state index in [9.17, 15) is 23.1 Å². The van der Waals surface area contributed by atoms with Crippen LogP contribution in [0.15, 0.2) is 64.9 Å². The van der Waals surface area contributed by atoms with Gasteiger partial charge in [-0.25, -0.2) is 0 Å². The summed E-state index contributed by atoms with van der Waals surface area (Å²) in [5.41, 5.74) is 4.11. The van der Waals surface area contributed by atoms with Gasteiger partial charge in [0.15, 0.2) is 5.78 Å². The molecule has 1 aromatic heterocycles. The van der Waals surface area contributed by atoms with E-state index in [1.54, 1.807) is 13.0 Å². The molecule has 1 heterocycles. The van der Waals surface area contributed by atoms with Gasteiger partial charge in [-0.3, -0.25) is 9.79 Å². The summed E-state index contributed by atoms with van der Waals surface area (Å²) in [6.45, 7) is 3.86. The minimum Gasteiger partial charge on any atom is -0.511 e. The number of hydrogen-bond donors (Lipinski definition) is 2. The Labute approximate surface area is 195 Å². The topological polar surface area (TPSA) is 74.7 Å². The summed E-state index contributed by atoms with van der Waals surface area (Å²) in [5, 5.41) is 11.2. The molecule has 178 valence electrons. The van der Waals surface area contributed by atoms with E-state index >= 15 is 0 Å². The molecule has 2 aromatic carbocycles. The van der Waals surface area contributed by atoms with Gasteiger partial charge in [0, 0.05) is 41.7 Å². The number of aromatic amines is 1. The van der Waals surface area contributed by atoms with Crippen LogP contribution in [0.2, 0.25) is 0 Å². The maximum absolute atomic E-state index is 12.8. The number of carbonyl (C=O) groups excluding carboxylic acids is 1.